The van der Waals surface area contributed by atoms with Crippen LogP contribution >= 0.6 is 0 Å². The third kappa shape index (κ3) is 4.11. The molecule has 1 aliphatic carbocycles. The molecule has 2 unspecified atom stereocenters. The van der Waals surface area contributed by atoms with Crippen LogP contribution in [0.25, 0.3) is 0 Å². The lowest BCUT2D eigenvalue weighted by atomic mass is 9.84. The third-order valence-corrected chi connectivity index (χ3v) is 5.12. The molecular formula is C16H28N2O3. The Kier molecular flexibility index (Phi) is 5.48. The van der Waals surface area contributed by atoms with Crippen LogP contribution in [0.4, 0.5) is 4.79 Å². The van der Waals surface area contributed by atoms with E-state index < -0.39 is 12.0 Å². The van der Waals surface area contributed by atoms with Gasteiger partial charge in [-0.15, -0.1) is 0 Å². The van der Waals surface area contributed by atoms with Crippen molar-refractivity contribution in [2.45, 2.75) is 58.4 Å². The van der Waals surface area contributed by atoms with E-state index in [-0.39, 0.29) is 11.9 Å². The van der Waals surface area contributed by atoms with Gasteiger partial charge >= 0.3 is 12.0 Å². The third-order valence-electron chi connectivity index (χ3n) is 5.12. The van der Waals surface area contributed by atoms with Crippen molar-refractivity contribution in [3.05, 3.63) is 0 Å². The minimum absolute atomic E-state index is 0.0868. The summed E-state index contributed by atoms with van der Waals surface area (Å²) in [6.07, 6.45) is 6.16. The number of nitrogens with zero attached hydrogens (tertiary/aromatic N) is 1. The Morgan fingerprint density at radius 1 is 1.10 bits per heavy atom. The van der Waals surface area contributed by atoms with E-state index >= 15 is 0 Å². The average molecular weight is 296 g/mol. The lowest BCUT2D eigenvalue weighted by Gasteiger charge is -2.29. The Morgan fingerprint density at radius 3 is 2.29 bits per heavy atom. The maximum Gasteiger partial charge on any atom is 0.326 e. The number of urea groups is 1. The van der Waals surface area contributed by atoms with Crippen molar-refractivity contribution in [1.82, 2.24) is 10.2 Å². The van der Waals surface area contributed by atoms with Gasteiger partial charge in [-0.05, 0) is 37.0 Å². The van der Waals surface area contributed by atoms with Crippen LogP contribution in [0.15, 0.2) is 0 Å². The number of carboxylic acids is 1. The highest BCUT2D eigenvalue weighted by Crippen LogP contribution is 2.27. The van der Waals surface area contributed by atoms with E-state index in [1.165, 1.54) is 6.42 Å². The van der Waals surface area contributed by atoms with Gasteiger partial charge in [0.05, 0.1) is 0 Å². The standard InChI is InChI=1S/C16H28N2O3/c1-11(2)13-8-9-18(10-13)16(21)17-14(15(19)20)12-6-4-3-5-7-12/h11-14H,3-10H2,1-2H3,(H,17,21)(H,19,20). The SMILES string of the molecule is CC(C)C1CCN(C(=O)NC(C(=O)O)C2CCCCC2)C1. The number of hydrogen-bond donors (Lipinski definition) is 2. The number of rotatable bonds is 4. The van der Waals surface area contributed by atoms with E-state index in [2.05, 4.69) is 19.2 Å². The van der Waals surface area contributed by atoms with Crippen LogP contribution < -0.4 is 5.32 Å². The number of likely N-dealkylation sites (tertiary alicyclic amines) is 1. The molecule has 2 amide bonds. The van der Waals surface area contributed by atoms with Gasteiger partial charge < -0.3 is 15.3 Å². The molecule has 0 aromatic heterocycles. The lowest BCUT2D eigenvalue weighted by molar-refractivity contribution is -0.141. The molecule has 0 bridgehead atoms. The number of carbonyl (C=O) groups excluding carboxylic acids is 1. The number of nitrogens with one attached hydrogen (secondary N) is 1. The summed E-state index contributed by atoms with van der Waals surface area (Å²) in [5, 5.41) is 12.2. The van der Waals surface area contributed by atoms with Gasteiger partial charge in [0.15, 0.2) is 0 Å². The van der Waals surface area contributed by atoms with Gasteiger partial charge in [0, 0.05) is 13.1 Å². The Bertz CT molecular complexity index is 378. The highest BCUT2D eigenvalue weighted by atomic mass is 16.4. The first kappa shape index (κ1) is 16.1. The second-order valence-electron chi connectivity index (χ2n) is 6.90. The van der Waals surface area contributed by atoms with Crippen molar-refractivity contribution in [2.24, 2.45) is 17.8 Å². The molecule has 1 aliphatic heterocycles. The van der Waals surface area contributed by atoms with Crippen LogP contribution in [0.3, 0.4) is 0 Å². The summed E-state index contributed by atoms with van der Waals surface area (Å²) in [5.74, 6) is 0.295. The minimum atomic E-state index is -0.894. The predicted molar refractivity (Wildman–Crippen MR) is 81.0 cm³/mol. The van der Waals surface area contributed by atoms with Crippen molar-refractivity contribution in [1.29, 1.82) is 0 Å². The molecule has 0 aromatic carbocycles. The molecule has 2 fully saturated rings. The zero-order chi connectivity index (χ0) is 15.4. The van der Waals surface area contributed by atoms with E-state index in [1.54, 1.807) is 4.90 Å². The molecule has 1 saturated carbocycles. The molecule has 0 radical (unpaired) electrons. The van der Waals surface area contributed by atoms with Crippen LogP contribution in [0.2, 0.25) is 0 Å². The number of hydrogen-bond acceptors (Lipinski definition) is 2. The normalized spacial score (nSPS) is 25.1. The van der Waals surface area contributed by atoms with E-state index in [0.29, 0.717) is 11.8 Å². The second kappa shape index (κ2) is 7.14. The van der Waals surface area contributed by atoms with Gasteiger partial charge in [0.2, 0.25) is 0 Å². The zero-order valence-electron chi connectivity index (χ0n) is 13.2. The summed E-state index contributed by atoms with van der Waals surface area (Å²) in [7, 11) is 0. The summed E-state index contributed by atoms with van der Waals surface area (Å²) in [5.41, 5.74) is 0. The molecular weight excluding hydrogens is 268 g/mol. The molecule has 0 spiro atoms. The van der Waals surface area contributed by atoms with Crippen molar-refractivity contribution in [2.75, 3.05) is 13.1 Å². The van der Waals surface area contributed by atoms with Gasteiger partial charge in [-0.1, -0.05) is 33.1 Å². The highest BCUT2D eigenvalue weighted by Gasteiger charge is 2.34. The fraction of sp³-hybridized carbons (Fsp3) is 0.875. The first-order chi connectivity index (χ1) is 9.99. The quantitative estimate of drug-likeness (QED) is 0.838. The molecule has 21 heavy (non-hydrogen) atoms. The molecule has 120 valence electrons. The van der Waals surface area contributed by atoms with Crippen LogP contribution in [-0.4, -0.2) is 41.1 Å². The zero-order valence-corrected chi connectivity index (χ0v) is 13.2. The molecule has 2 N–H and O–H groups in total. The smallest absolute Gasteiger partial charge is 0.326 e. The van der Waals surface area contributed by atoms with Crippen molar-refractivity contribution in [3.8, 4) is 0 Å². The molecule has 2 rings (SSSR count). The monoisotopic (exact) mass is 296 g/mol. The van der Waals surface area contributed by atoms with Gasteiger partial charge in [-0.2, -0.15) is 0 Å². The number of carbonyl (C=O) groups is 2. The molecule has 5 nitrogen and oxygen atoms in total. The molecule has 2 aliphatic rings. The minimum Gasteiger partial charge on any atom is -0.480 e. The largest absolute Gasteiger partial charge is 0.480 e. The Hall–Kier alpha value is -1.26. The summed E-state index contributed by atoms with van der Waals surface area (Å²) in [6.45, 7) is 5.84. The van der Waals surface area contributed by atoms with Crippen molar-refractivity contribution < 1.29 is 14.7 Å². The van der Waals surface area contributed by atoms with Crippen LogP contribution in [0, 0.1) is 17.8 Å². The Morgan fingerprint density at radius 2 is 1.76 bits per heavy atom. The number of carboxylic acid groups (broad SMARTS) is 1. The fourth-order valence-electron chi connectivity index (χ4n) is 3.59. The first-order valence-electron chi connectivity index (χ1n) is 8.27. The summed E-state index contributed by atoms with van der Waals surface area (Å²) in [4.78, 5) is 25.6. The first-order valence-corrected chi connectivity index (χ1v) is 8.27. The molecule has 0 aromatic rings. The number of amides is 2. The van der Waals surface area contributed by atoms with Crippen molar-refractivity contribution >= 4 is 12.0 Å². The predicted octanol–water partition coefficient (Wildman–Crippen LogP) is 2.71. The second-order valence-corrected chi connectivity index (χ2v) is 6.90. The summed E-state index contributed by atoms with van der Waals surface area (Å²) >= 11 is 0. The molecule has 2 atom stereocenters. The van der Waals surface area contributed by atoms with E-state index in [4.69, 9.17) is 0 Å². The molecule has 1 saturated heterocycles. The lowest BCUT2D eigenvalue weighted by Crippen LogP contribution is -2.51. The Balaban J connectivity index is 1.91. The number of aliphatic carboxylic acids is 1. The highest BCUT2D eigenvalue weighted by molar-refractivity contribution is 5.83. The van der Waals surface area contributed by atoms with Gasteiger partial charge in [-0.3, -0.25) is 0 Å². The van der Waals surface area contributed by atoms with Crippen LogP contribution in [0.5, 0.6) is 0 Å². The van der Waals surface area contributed by atoms with Crippen molar-refractivity contribution in [3.63, 3.8) is 0 Å². The molecule has 5 heteroatoms. The summed E-state index contributed by atoms with van der Waals surface area (Å²) in [6, 6.07) is -0.924. The topological polar surface area (TPSA) is 69.6 Å². The van der Waals surface area contributed by atoms with Gasteiger partial charge in [0.1, 0.15) is 6.04 Å². The maximum absolute atomic E-state index is 12.3. The van der Waals surface area contributed by atoms with Gasteiger partial charge in [0.25, 0.3) is 0 Å². The average Bonchev–Trinajstić information content (AvgIpc) is 2.95. The Labute approximate surface area is 127 Å². The van der Waals surface area contributed by atoms with Crippen LogP contribution in [0.1, 0.15) is 52.4 Å². The van der Waals surface area contributed by atoms with E-state index in [1.807, 2.05) is 0 Å². The summed E-state index contributed by atoms with van der Waals surface area (Å²) < 4.78 is 0. The van der Waals surface area contributed by atoms with Gasteiger partial charge in [-0.25, -0.2) is 9.59 Å². The van der Waals surface area contributed by atoms with Crippen LogP contribution in [-0.2, 0) is 4.79 Å². The fourth-order valence-corrected chi connectivity index (χ4v) is 3.59. The van der Waals surface area contributed by atoms with E-state index in [9.17, 15) is 14.7 Å². The molecule has 1 heterocycles. The van der Waals surface area contributed by atoms with E-state index in [0.717, 1.165) is 45.2 Å². The maximum atomic E-state index is 12.3.